The molecule has 0 saturated carbocycles. The van der Waals surface area contributed by atoms with E-state index in [2.05, 4.69) is 5.10 Å². The number of ether oxygens (including phenoxy) is 1. The Labute approximate surface area is 106 Å². The molecule has 1 heterocycles. The van der Waals surface area contributed by atoms with Crippen LogP contribution in [-0.2, 0) is 17.8 Å². The Balaban J connectivity index is 2.03. The van der Waals surface area contributed by atoms with Crippen LogP contribution in [0.25, 0.3) is 0 Å². The van der Waals surface area contributed by atoms with Crippen molar-refractivity contribution in [2.45, 2.75) is 19.9 Å². The van der Waals surface area contributed by atoms with E-state index in [0.29, 0.717) is 13.0 Å². The van der Waals surface area contributed by atoms with Crippen molar-refractivity contribution >= 4 is 5.78 Å². The van der Waals surface area contributed by atoms with E-state index in [0.717, 1.165) is 16.9 Å². The molecule has 4 heteroatoms. The molecular weight excluding hydrogens is 228 g/mol. The lowest BCUT2D eigenvalue weighted by molar-refractivity contribution is -0.116. The molecule has 0 N–H and O–H groups in total. The summed E-state index contributed by atoms with van der Waals surface area (Å²) in [5.41, 5.74) is 2.10. The second-order valence-corrected chi connectivity index (χ2v) is 4.27. The van der Waals surface area contributed by atoms with Gasteiger partial charge in [0.15, 0.2) is 0 Å². The second kappa shape index (κ2) is 5.49. The predicted octanol–water partition coefficient (Wildman–Crippen LogP) is 2.07. The number of methoxy groups -OCH3 is 1. The van der Waals surface area contributed by atoms with Crippen LogP contribution in [0.3, 0.4) is 0 Å². The van der Waals surface area contributed by atoms with Crippen molar-refractivity contribution in [3.05, 3.63) is 47.8 Å². The van der Waals surface area contributed by atoms with Gasteiger partial charge in [0, 0.05) is 12.6 Å². The molecular formula is C14H16N2O2. The molecule has 2 aromatic rings. The molecule has 1 aromatic heterocycles. The third kappa shape index (κ3) is 3.20. The maximum Gasteiger partial charge on any atom is 0.134 e. The summed E-state index contributed by atoms with van der Waals surface area (Å²) in [5, 5.41) is 4.24. The molecule has 4 nitrogen and oxygen atoms in total. The molecule has 1 aromatic carbocycles. The number of benzene rings is 1. The van der Waals surface area contributed by atoms with Crippen molar-refractivity contribution in [2.75, 3.05) is 7.11 Å². The van der Waals surface area contributed by atoms with Crippen molar-refractivity contribution in [3.63, 3.8) is 0 Å². The Morgan fingerprint density at radius 2 is 2.00 bits per heavy atom. The van der Waals surface area contributed by atoms with Crippen molar-refractivity contribution in [3.8, 4) is 5.75 Å². The minimum Gasteiger partial charge on any atom is -0.497 e. The van der Waals surface area contributed by atoms with Crippen molar-refractivity contribution in [2.24, 2.45) is 0 Å². The first-order chi connectivity index (χ1) is 8.67. The smallest absolute Gasteiger partial charge is 0.134 e. The molecule has 0 aliphatic heterocycles. The minimum atomic E-state index is 0.152. The summed E-state index contributed by atoms with van der Waals surface area (Å²) in [6, 6.07) is 7.86. The summed E-state index contributed by atoms with van der Waals surface area (Å²) >= 11 is 0. The molecule has 0 aliphatic carbocycles. The lowest BCUT2D eigenvalue weighted by Gasteiger charge is -2.03. The lowest BCUT2D eigenvalue weighted by Crippen LogP contribution is -2.00. The Morgan fingerprint density at radius 1 is 1.28 bits per heavy atom. The van der Waals surface area contributed by atoms with Gasteiger partial charge in [-0.3, -0.25) is 9.48 Å². The molecule has 2 rings (SSSR count). The molecule has 0 amide bonds. The summed E-state index contributed by atoms with van der Waals surface area (Å²) in [7, 11) is 1.65. The maximum atomic E-state index is 11.0. The number of hydrogen-bond acceptors (Lipinski definition) is 3. The normalized spacial score (nSPS) is 10.3. The molecule has 18 heavy (non-hydrogen) atoms. The Kier molecular flexibility index (Phi) is 3.77. The molecule has 94 valence electrons. The van der Waals surface area contributed by atoms with Gasteiger partial charge < -0.3 is 4.74 Å². The Hall–Kier alpha value is -2.10. The number of carbonyl (C=O) groups is 1. The fraction of sp³-hybridized carbons (Fsp3) is 0.286. The highest BCUT2D eigenvalue weighted by atomic mass is 16.5. The quantitative estimate of drug-likeness (QED) is 0.808. The summed E-state index contributed by atoms with van der Waals surface area (Å²) in [6.45, 7) is 2.28. The minimum absolute atomic E-state index is 0.152. The summed E-state index contributed by atoms with van der Waals surface area (Å²) in [6.07, 6.45) is 4.10. The molecule has 0 atom stereocenters. The van der Waals surface area contributed by atoms with E-state index in [4.69, 9.17) is 4.74 Å². The van der Waals surface area contributed by atoms with Crippen molar-refractivity contribution in [1.82, 2.24) is 9.78 Å². The van der Waals surface area contributed by atoms with E-state index < -0.39 is 0 Å². The van der Waals surface area contributed by atoms with Gasteiger partial charge in [0.05, 0.1) is 19.9 Å². The van der Waals surface area contributed by atoms with E-state index in [1.165, 1.54) is 0 Å². The van der Waals surface area contributed by atoms with E-state index >= 15 is 0 Å². The summed E-state index contributed by atoms with van der Waals surface area (Å²) < 4.78 is 6.94. The van der Waals surface area contributed by atoms with Gasteiger partial charge >= 0.3 is 0 Å². The number of carbonyl (C=O) groups excluding carboxylic acids is 1. The molecule has 0 aliphatic rings. The van der Waals surface area contributed by atoms with Crippen LogP contribution in [0.5, 0.6) is 5.75 Å². The van der Waals surface area contributed by atoms with Gasteiger partial charge in [-0.05, 0) is 30.2 Å². The van der Waals surface area contributed by atoms with Crippen LogP contribution in [-0.4, -0.2) is 22.7 Å². The first-order valence-electron chi connectivity index (χ1n) is 5.81. The zero-order chi connectivity index (χ0) is 13.0. The molecule has 0 spiro atoms. The summed E-state index contributed by atoms with van der Waals surface area (Å²) in [4.78, 5) is 11.0. The van der Waals surface area contributed by atoms with Crippen LogP contribution in [0.2, 0.25) is 0 Å². The number of Topliss-reactive ketones (excluding diaryl/α,β-unsaturated/α-hetero) is 1. The molecule has 0 radical (unpaired) electrons. The van der Waals surface area contributed by atoms with Crippen LogP contribution >= 0.6 is 0 Å². The fourth-order valence-corrected chi connectivity index (χ4v) is 1.79. The van der Waals surface area contributed by atoms with E-state index in [-0.39, 0.29) is 5.78 Å². The van der Waals surface area contributed by atoms with Crippen LogP contribution in [0.1, 0.15) is 18.1 Å². The predicted molar refractivity (Wildman–Crippen MR) is 68.7 cm³/mol. The van der Waals surface area contributed by atoms with Crippen LogP contribution in [0.4, 0.5) is 0 Å². The third-order valence-corrected chi connectivity index (χ3v) is 2.64. The van der Waals surface area contributed by atoms with Gasteiger partial charge in [0.25, 0.3) is 0 Å². The van der Waals surface area contributed by atoms with Crippen LogP contribution in [0, 0.1) is 0 Å². The van der Waals surface area contributed by atoms with Gasteiger partial charge in [-0.2, -0.15) is 5.10 Å². The van der Waals surface area contributed by atoms with Gasteiger partial charge in [0.1, 0.15) is 11.5 Å². The zero-order valence-electron chi connectivity index (χ0n) is 10.6. The van der Waals surface area contributed by atoms with Crippen LogP contribution < -0.4 is 4.74 Å². The SMILES string of the molecule is COc1ccc(Cn2cc(CC(C)=O)cn2)cc1. The lowest BCUT2D eigenvalue weighted by atomic mass is 10.2. The number of rotatable bonds is 5. The monoisotopic (exact) mass is 244 g/mol. The average molecular weight is 244 g/mol. The second-order valence-electron chi connectivity index (χ2n) is 4.27. The standard InChI is InChI=1S/C14H16N2O2/c1-11(17)7-13-8-15-16(10-13)9-12-3-5-14(18-2)6-4-12/h3-6,8,10H,7,9H2,1-2H3. The summed E-state index contributed by atoms with van der Waals surface area (Å²) in [5.74, 6) is 0.996. The third-order valence-electron chi connectivity index (χ3n) is 2.64. The number of hydrogen-bond donors (Lipinski definition) is 0. The van der Waals surface area contributed by atoms with Crippen LogP contribution in [0.15, 0.2) is 36.7 Å². The van der Waals surface area contributed by atoms with Gasteiger partial charge in [-0.25, -0.2) is 0 Å². The topological polar surface area (TPSA) is 44.1 Å². The fourth-order valence-electron chi connectivity index (χ4n) is 1.79. The molecule has 0 bridgehead atoms. The van der Waals surface area contributed by atoms with Gasteiger partial charge in [-0.1, -0.05) is 12.1 Å². The number of aromatic nitrogens is 2. The first kappa shape index (κ1) is 12.4. The van der Waals surface area contributed by atoms with Crippen molar-refractivity contribution in [1.29, 1.82) is 0 Å². The molecule has 0 unspecified atom stereocenters. The maximum absolute atomic E-state index is 11.0. The van der Waals surface area contributed by atoms with E-state index in [1.807, 2.05) is 35.1 Å². The largest absolute Gasteiger partial charge is 0.497 e. The Bertz CT molecular complexity index is 529. The van der Waals surface area contributed by atoms with Gasteiger partial charge in [0.2, 0.25) is 0 Å². The first-order valence-corrected chi connectivity index (χ1v) is 5.81. The molecule has 0 saturated heterocycles. The highest BCUT2D eigenvalue weighted by Gasteiger charge is 2.02. The highest BCUT2D eigenvalue weighted by Crippen LogP contribution is 2.12. The Morgan fingerprint density at radius 3 is 2.61 bits per heavy atom. The van der Waals surface area contributed by atoms with E-state index in [9.17, 15) is 4.79 Å². The number of nitrogens with zero attached hydrogens (tertiary/aromatic N) is 2. The highest BCUT2D eigenvalue weighted by molar-refractivity contribution is 5.77. The molecule has 0 fully saturated rings. The zero-order valence-corrected chi connectivity index (χ0v) is 10.6. The number of ketones is 1. The van der Waals surface area contributed by atoms with E-state index in [1.54, 1.807) is 20.2 Å². The van der Waals surface area contributed by atoms with Crippen molar-refractivity contribution < 1.29 is 9.53 Å². The average Bonchev–Trinajstić information content (AvgIpc) is 2.76. The van der Waals surface area contributed by atoms with Gasteiger partial charge in [-0.15, -0.1) is 0 Å².